The van der Waals surface area contributed by atoms with Crippen LogP contribution in [0.3, 0.4) is 0 Å². The van der Waals surface area contributed by atoms with Gasteiger partial charge in [0.05, 0.1) is 20.8 Å². The van der Waals surface area contributed by atoms with Gasteiger partial charge in [0, 0.05) is 31.0 Å². The Hall–Kier alpha value is -1.47. The maximum atomic E-state index is 14.2. The summed E-state index contributed by atoms with van der Waals surface area (Å²) in [5.41, 5.74) is -0.921. The highest BCUT2D eigenvalue weighted by atomic mass is 35.5. The summed E-state index contributed by atoms with van der Waals surface area (Å²) in [5.74, 6) is 0.454. The SMILES string of the molecule is CCCCN1CC(c2ccc(C3=NOC(c4cc(Cl)c(Cl)c(Cl)c4)(C(F)(F)F)C3)cc2)C1. The Morgan fingerprint density at radius 2 is 1.72 bits per heavy atom. The number of benzene rings is 2. The van der Waals surface area contributed by atoms with Crippen LogP contribution in [0, 0.1) is 0 Å². The number of likely N-dealkylation sites (tertiary alicyclic amines) is 1. The van der Waals surface area contributed by atoms with Gasteiger partial charge in [0.1, 0.15) is 0 Å². The van der Waals surface area contributed by atoms with Gasteiger partial charge in [-0.15, -0.1) is 0 Å². The maximum Gasteiger partial charge on any atom is 0.435 e. The third kappa shape index (κ3) is 4.35. The van der Waals surface area contributed by atoms with Gasteiger partial charge in [0.2, 0.25) is 0 Å². The van der Waals surface area contributed by atoms with Crippen LogP contribution in [0.5, 0.6) is 0 Å². The predicted octanol–water partition coefficient (Wildman–Crippen LogP) is 7.43. The number of rotatable bonds is 6. The van der Waals surface area contributed by atoms with Gasteiger partial charge in [0.25, 0.3) is 5.60 Å². The molecule has 1 unspecified atom stereocenters. The fourth-order valence-corrected chi connectivity index (χ4v) is 4.74. The van der Waals surface area contributed by atoms with Crippen molar-refractivity contribution in [1.82, 2.24) is 4.90 Å². The van der Waals surface area contributed by atoms with Crippen molar-refractivity contribution in [3.63, 3.8) is 0 Å². The molecule has 0 amide bonds. The van der Waals surface area contributed by atoms with E-state index < -0.39 is 18.2 Å². The Morgan fingerprint density at radius 3 is 2.28 bits per heavy atom. The number of oxime groups is 1. The lowest BCUT2D eigenvalue weighted by molar-refractivity contribution is -0.275. The van der Waals surface area contributed by atoms with Crippen molar-refractivity contribution < 1.29 is 18.0 Å². The predicted molar refractivity (Wildman–Crippen MR) is 122 cm³/mol. The molecule has 2 aliphatic heterocycles. The molecule has 0 spiro atoms. The van der Waals surface area contributed by atoms with Crippen LogP contribution in [0.25, 0.3) is 0 Å². The molecule has 0 bridgehead atoms. The average molecular weight is 506 g/mol. The fourth-order valence-electron chi connectivity index (χ4n) is 4.14. The Kier molecular flexibility index (Phi) is 6.70. The van der Waals surface area contributed by atoms with E-state index >= 15 is 0 Å². The third-order valence-corrected chi connectivity index (χ3v) is 7.33. The summed E-state index contributed by atoms with van der Waals surface area (Å²) < 4.78 is 42.5. The van der Waals surface area contributed by atoms with Gasteiger partial charge in [0.15, 0.2) is 0 Å². The molecular weight excluding hydrogens is 484 g/mol. The van der Waals surface area contributed by atoms with Crippen LogP contribution in [0.15, 0.2) is 41.6 Å². The molecule has 32 heavy (non-hydrogen) atoms. The van der Waals surface area contributed by atoms with Gasteiger partial charge in [-0.2, -0.15) is 13.2 Å². The molecular formula is C23H22Cl3F3N2O. The molecule has 0 N–H and O–H groups in total. The molecule has 2 heterocycles. The smallest absolute Gasteiger partial charge is 0.374 e. The molecule has 9 heteroatoms. The quantitative estimate of drug-likeness (QED) is 0.381. The van der Waals surface area contributed by atoms with E-state index in [-0.39, 0.29) is 26.3 Å². The van der Waals surface area contributed by atoms with E-state index in [0.717, 1.165) is 31.8 Å². The Labute approximate surface area is 200 Å². The molecule has 2 aliphatic rings. The van der Waals surface area contributed by atoms with Gasteiger partial charge >= 0.3 is 6.18 Å². The number of alkyl halides is 3. The van der Waals surface area contributed by atoms with Crippen molar-refractivity contribution in [2.45, 2.75) is 43.9 Å². The highest BCUT2D eigenvalue weighted by molar-refractivity contribution is 6.48. The van der Waals surface area contributed by atoms with E-state index in [4.69, 9.17) is 39.6 Å². The van der Waals surface area contributed by atoms with Crippen LogP contribution in [-0.4, -0.2) is 36.4 Å². The van der Waals surface area contributed by atoms with Gasteiger partial charge in [-0.05, 0) is 36.2 Å². The first-order chi connectivity index (χ1) is 15.1. The summed E-state index contributed by atoms with van der Waals surface area (Å²) in [6, 6.07) is 9.80. The summed E-state index contributed by atoms with van der Waals surface area (Å²) in [7, 11) is 0. The standard InChI is InChI=1S/C23H22Cl3F3N2O/c1-2-3-8-31-12-16(13-31)14-4-6-15(7-5-14)20-11-22(32-30-20,23(27,28)29)17-9-18(24)21(26)19(25)10-17/h4-7,9-10,16H,2-3,8,11-13H2,1H3. The van der Waals surface area contributed by atoms with Crippen molar-refractivity contribution in [2.24, 2.45) is 5.16 Å². The van der Waals surface area contributed by atoms with Gasteiger partial charge in [-0.3, -0.25) is 0 Å². The number of hydrogen-bond donors (Lipinski definition) is 0. The van der Waals surface area contributed by atoms with Gasteiger partial charge < -0.3 is 9.74 Å². The van der Waals surface area contributed by atoms with Crippen molar-refractivity contribution in [3.8, 4) is 0 Å². The summed E-state index contributed by atoms with van der Waals surface area (Å²) >= 11 is 17.9. The highest BCUT2D eigenvalue weighted by Crippen LogP contribution is 2.50. The van der Waals surface area contributed by atoms with Crippen LogP contribution >= 0.6 is 34.8 Å². The molecule has 3 nitrogen and oxygen atoms in total. The molecule has 0 aliphatic carbocycles. The first-order valence-corrected chi connectivity index (χ1v) is 11.6. The zero-order chi connectivity index (χ0) is 23.1. The van der Waals surface area contributed by atoms with Crippen LogP contribution in [0.4, 0.5) is 13.2 Å². The molecule has 0 saturated carbocycles. The van der Waals surface area contributed by atoms with Crippen molar-refractivity contribution >= 4 is 40.5 Å². The minimum Gasteiger partial charge on any atom is -0.374 e. The molecule has 4 rings (SSSR count). The molecule has 1 saturated heterocycles. The zero-order valence-corrected chi connectivity index (χ0v) is 19.6. The lowest BCUT2D eigenvalue weighted by Gasteiger charge is -2.39. The normalized spacial score (nSPS) is 21.9. The molecule has 2 aromatic rings. The second-order valence-electron chi connectivity index (χ2n) is 8.32. The molecule has 172 valence electrons. The van der Waals surface area contributed by atoms with Gasteiger partial charge in [-0.1, -0.05) is 77.6 Å². The fraction of sp³-hybridized carbons (Fsp3) is 0.435. The second-order valence-corrected chi connectivity index (χ2v) is 9.51. The number of unbranched alkanes of at least 4 members (excludes halogenated alkanes) is 1. The Balaban J connectivity index is 1.52. The molecule has 1 fully saturated rings. The van der Waals surface area contributed by atoms with E-state index in [0.29, 0.717) is 11.5 Å². The van der Waals surface area contributed by atoms with Crippen LogP contribution in [0.1, 0.15) is 48.8 Å². The Morgan fingerprint density at radius 1 is 1.09 bits per heavy atom. The summed E-state index contributed by atoms with van der Waals surface area (Å²) in [6.45, 7) is 5.31. The van der Waals surface area contributed by atoms with Crippen LogP contribution in [0.2, 0.25) is 15.1 Å². The highest BCUT2D eigenvalue weighted by Gasteiger charge is 2.62. The minimum absolute atomic E-state index is 0.00612. The lowest BCUT2D eigenvalue weighted by Crippen LogP contribution is -2.45. The molecule has 1 atom stereocenters. The summed E-state index contributed by atoms with van der Waals surface area (Å²) in [6.07, 6.45) is -2.87. The minimum atomic E-state index is -4.74. The maximum absolute atomic E-state index is 14.2. The summed E-state index contributed by atoms with van der Waals surface area (Å²) in [4.78, 5) is 7.48. The lowest BCUT2D eigenvalue weighted by atomic mass is 9.85. The Bertz CT molecular complexity index is 997. The monoisotopic (exact) mass is 504 g/mol. The van der Waals surface area contributed by atoms with Gasteiger partial charge in [-0.25, -0.2) is 0 Å². The van der Waals surface area contributed by atoms with Crippen molar-refractivity contribution in [1.29, 1.82) is 0 Å². The average Bonchev–Trinajstić information content (AvgIpc) is 3.18. The first kappa shape index (κ1) is 23.7. The van der Waals surface area contributed by atoms with Crippen molar-refractivity contribution in [2.75, 3.05) is 19.6 Å². The third-order valence-electron chi connectivity index (χ3n) is 6.14. The zero-order valence-electron chi connectivity index (χ0n) is 17.4. The van der Waals surface area contributed by atoms with E-state index in [1.807, 2.05) is 12.1 Å². The molecule has 0 radical (unpaired) electrons. The molecule has 0 aromatic heterocycles. The largest absolute Gasteiger partial charge is 0.435 e. The van der Waals surface area contributed by atoms with Crippen LogP contribution in [-0.2, 0) is 10.4 Å². The van der Waals surface area contributed by atoms with E-state index in [1.165, 1.54) is 18.4 Å². The summed E-state index contributed by atoms with van der Waals surface area (Å²) in [5, 5.41) is 3.65. The van der Waals surface area contributed by atoms with Crippen LogP contribution < -0.4 is 0 Å². The topological polar surface area (TPSA) is 24.8 Å². The van der Waals surface area contributed by atoms with Crippen molar-refractivity contribution in [3.05, 3.63) is 68.2 Å². The van der Waals surface area contributed by atoms with E-state index in [9.17, 15) is 13.2 Å². The van der Waals surface area contributed by atoms with E-state index in [1.54, 1.807) is 12.1 Å². The number of halogens is 6. The molecule has 2 aromatic carbocycles. The van der Waals surface area contributed by atoms with E-state index in [2.05, 4.69) is 17.0 Å². The second kappa shape index (κ2) is 9.05. The number of nitrogens with zero attached hydrogens (tertiary/aromatic N) is 2. The number of hydrogen-bond acceptors (Lipinski definition) is 3. The first-order valence-electron chi connectivity index (χ1n) is 10.4.